The van der Waals surface area contributed by atoms with Gasteiger partial charge in [-0.25, -0.2) is 9.97 Å². The van der Waals surface area contributed by atoms with Gasteiger partial charge in [0.25, 0.3) is 0 Å². The van der Waals surface area contributed by atoms with Crippen molar-refractivity contribution in [2.45, 2.75) is 38.5 Å². The van der Waals surface area contributed by atoms with Gasteiger partial charge in [-0.2, -0.15) is 0 Å². The molecule has 0 N–H and O–H groups in total. The second-order valence-corrected chi connectivity index (χ2v) is 18.3. The molecule has 7 aromatic carbocycles. The molecule has 3 heterocycles. The zero-order valence-electron chi connectivity index (χ0n) is 37.6. The number of aromatic nitrogens is 4. The Morgan fingerprint density at radius 1 is 0.591 bits per heavy atom. The highest BCUT2D eigenvalue weighted by molar-refractivity contribution is 6.12. The Morgan fingerprint density at radius 2 is 1.26 bits per heavy atom. The Bertz CT molecular complexity index is 3570. The molecular weight excluding hydrogens is 801 g/mol. The summed E-state index contributed by atoms with van der Waals surface area (Å²) in [6.07, 6.45) is 15.4. The smallest absolute Gasteiger partial charge is 0.160 e. The van der Waals surface area contributed by atoms with Gasteiger partial charge in [-0.15, -0.1) is 0 Å². The van der Waals surface area contributed by atoms with E-state index in [2.05, 4.69) is 225 Å². The molecule has 318 valence electrons. The maximum Gasteiger partial charge on any atom is 0.160 e. The topological polar surface area (TPSA) is 35.6 Å². The fourth-order valence-electron chi connectivity index (χ4n) is 9.89. The molecule has 1 atom stereocenters. The van der Waals surface area contributed by atoms with E-state index in [-0.39, 0.29) is 11.3 Å². The lowest BCUT2D eigenvalue weighted by atomic mass is 9.85. The van der Waals surface area contributed by atoms with Crippen LogP contribution in [0.25, 0.3) is 94.3 Å². The van der Waals surface area contributed by atoms with Gasteiger partial charge in [0.1, 0.15) is 0 Å². The van der Waals surface area contributed by atoms with E-state index in [1.54, 1.807) is 6.08 Å². The molecule has 10 aromatic rings. The summed E-state index contributed by atoms with van der Waals surface area (Å²) in [4.78, 5) is 10.7. The quantitative estimate of drug-likeness (QED) is 0.136. The van der Waals surface area contributed by atoms with Crippen LogP contribution in [0.1, 0.15) is 49.9 Å². The first-order valence-corrected chi connectivity index (χ1v) is 22.8. The minimum atomic E-state index is -0.0355. The van der Waals surface area contributed by atoms with E-state index in [1.807, 2.05) is 18.2 Å². The molecule has 0 aliphatic heterocycles. The average Bonchev–Trinajstić information content (AvgIpc) is 3.87. The fraction of sp³-hybridized carbons (Fsp3) is 0.0968. The predicted octanol–water partition coefficient (Wildman–Crippen LogP) is 16.3. The van der Waals surface area contributed by atoms with Crippen molar-refractivity contribution in [3.63, 3.8) is 0 Å². The molecular formula is C62H50N4. The number of benzene rings is 7. The van der Waals surface area contributed by atoms with Crippen molar-refractivity contribution in [3.8, 4) is 45.1 Å². The molecule has 1 unspecified atom stereocenters. The Labute approximate surface area is 386 Å². The molecule has 4 heteroatoms. The third kappa shape index (κ3) is 7.03. The summed E-state index contributed by atoms with van der Waals surface area (Å²) < 4.78 is 4.98. The summed E-state index contributed by atoms with van der Waals surface area (Å²) in [6, 6.07) is 59.6. The molecule has 4 nitrogen and oxygen atoms in total. The molecule has 0 bridgehead atoms. The number of hydrogen-bond acceptors (Lipinski definition) is 2. The van der Waals surface area contributed by atoms with Crippen LogP contribution >= 0.6 is 0 Å². The van der Waals surface area contributed by atoms with Gasteiger partial charge in [0.2, 0.25) is 0 Å². The molecule has 0 saturated carbocycles. The van der Waals surface area contributed by atoms with Crippen LogP contribution in [0.15, 0.2) is 219 Å². The van der Waals surface area contributed by atoms with Crippen molar-refractivity contribution >= 4 is 49.2 Å². The lowest BCUT2D eigenvalue weighted by Crippen LogP contribution is -2.11. The number of hydrogen-bond donors (Lipinski definition) is 0. The van der Waals surface area contributed by atoms with Crippen molar-refractivity contribution in [2.75, 3.05) is 0 Å². The summed E-state index contributed by atoms with van der Waals surface area (Å²) in [5.41, 5.74) is 16.1. The second kappa shape index (κ2) is 16.5. The van der Waals surface area contributed by atoms with Gasteiger partial charge in [-0.1, -0.05) is 186 Å². The highest BCUT2D eigenvalue weighted by atomic mass is 15.0. The second-order valence-electron chi connectivity index (χ2n) is 18.3. The van der Waals surface area contributed by atoms with Gasteiger partial charge >= 0.3 is 0 Å². The van der Waals surface area contributed by atoms with Crippen molar-refractivity contribution < 1.29 is 0 Å². The Morgan fingerprint density at radius 3 is 1.92 bits per heavy atom. The van der Waals surface area contributed by atoms with E-state index in [4.69, 9.17) is 9.97 Å². The predicted molar refractivity (Wildman–Crippen MR) is 280 cm³/mol. The van der Waals surface area contributed by atoms with Crippen molar-refractivity contribution in [2.24, 2.45) is 0 Å². The summed E-state index contributed by atoms with van der Waals surface area (Å²) in [7, 11) is 0. The lowest BCUT2D eigenvalue weighted by molar-refractivity contribution is 0.591. The first-order valence-electron chi connectivity index (χ1n) is 22.8. The van der Waals surface area contributed by atoms with E-state index < -0.39 is 0 Å². The molecule has 0 amide bonds. The summed E-state index contributed by atoms with van der Waals surface area (Å²) in [5, 5.41) is 4.93. The molecule has 1 aliphatic rings. The van der Waals surface area contributed by atoms with Crippen LogP contribution < -0.4 is 0 Å². The van der Waals surface area contributed by atoms with Crippen LogP contribution in [-0.2, 0) is 5.41 Å². The SMILES string of the molecule is C=C/C=C(\C=C)c1cc(-c2ccccc2)nc(-c2cc(-c3ccccc3)c(-n3c4ccc(C(C)(C)C)cc4c4ccc(-n5c6ccccc6c6ccccc65)cc43)c(C3C=CC=CC3)c2)n1. The highest BCUT2D eigenvalue weighted by Crippen LogP contribution is 2.45. The maximum atomic E-state index is 5.35. The van der Waals surface area contributed by atoms with E-state index in [1.165, 1.54) is 43.7 Å². The molecule has 0 saturated heterocycles. The lowest BCUT2D eigenvalue weighted by Gasteiger charge is -2.25. The zero-order chi connectivity index (χ0) is 44.9. The van der Waals surface area contributed by atoms with Crippen LogP contribution in [-0.4, -0.2) is 19.1 Å². The van der Waals surface area contributed by atoms with E-state index in [0.29, 0.717) is 5.82 Å². The highest BCUT2D eigenvalue weighted by Gasteiger charge is 2.27. The van der Waals surface area contributed by atoms with E-state index >= 15 is 0 Å². The number of rotatable bonds is 9. The molecule has 3 aromatic heterocycles. The van der Waals surface area contributed by atoms with Gasteiger partial charge in [-0.3, -0.25) is 0 Å². The summed E-state index contributed by atoms with van der Waals surface area (Å²) in [6.45, 7) is 15.1. The van der Waals surface area contributed by atoms with E-state index in [9.17, 15) is 0 Å². The number of nitrogens with zero attached hydrogens (tertiary/aromatic N) is 4. The standard InChI is InChI=1S/C62H50N4/c1-6-21-41(7-2)54-40-55(44-26-15-10-16-27-44)64-61(63-54)45-36-51(42-22-11-8-12-23-42)60(52(37-45)43-24-13-9-14-25-43)66-58-35-32-46(62(3,4)5)38-53(58)50-34-33-47(39-59(50)66)65-56-30-19-17-28-48(56)49-29-18-20-31-57(49)65/h6-24,26-40,43H,1-2,25H2,3-5H3/b41-21+. The molecule has 1 aliphatic carbocycles. The number of allylic oxidation sites excluding steroid dienone is 8. The molecule has 0 spiro atoms. The van der Waals surface area contributed by atoms with Crippen LogP contribution in [0.3, 0.4) is 0 Å². The van der Waals surface area contributed by atoms with Gasteiger partial charge in [-0.05, 0) is 88.7 Å². The first-order chi connectivity index (χ1) is 32.3. The minimum Gasteiger partial charge on any atom is -0.309 e. The van der Waals surface area contributed by atoms with Gasteiger partial charge in [0.05, 0.1) is 39.1 Å². The summed E-state index contributed by atoms with van der Waals surface area (Å²) in [5.74, 6) is 0.727. The average molecular weight is 851 g/mol. The van der Waals surface area contributed by atoms with Crippen molar-refractivity contribution in [1.29, 1.82) is 0 Å². The molecule has 11 rings (SSSR count). The van der Waals surface area contributed by atoms with Crippen LogP contribution in [0, 0.1) is 0 Å². The Balaban J connectivity index is 1.26. The zero-order valence-corrected chi connectivity index (χ0v) is 37.6. The molecule has 66 heavy (non-hydrogen) atoms. The number of para-hydroxylation sites is 2. The maximum absolute atomic E-state index is 5.35. The van der Waals surface area contributed by atoms with Crippen LogP contribution in [0.5, 0.6) is 0 Å². The fourth-order valence-corrected chi connectivity index (χ4v) is 9.89. The number of fused-ring (bicyclic) bond motifs is 6. The van der Waals surface area contributed by atoms with Crippen LogP contribution in [0.2, 0.25) is 0 Å². The van der Waals surface area contributed by atoms with Crippen molar-refractivity contribution in [3.05, 3.63) is 236 Å². The summed E-state index contributed by atoms with van der Waals surface area (Å²) >= 11 is 0. The Hall–Kier alpha value is -8.08. The first kappa shape index (κ1) is 40.7. The monoisotopic (exact) mass is 850 g/mol. The molecule has 0 fully saturated rings. The third-order valence-electron chi connectivity index (χ3n) is 13.1. The largest absolute Gasteiger partial charge is 0.309 e. The van der Waals surface area contributed by atoms with E-state index in [0.717, 1.165) is 68.0 Å². The molecule has 0 radical (unpaired) electrons. The third-order valence-corrected chi connectivity index (χ3v) is 13.1. The van der Waals surface area contributed by atoms with Gasteiger partial charge in [0.15, 0.2) is 5.82 Å². The van der Waals surface area contributed by atoms with Gasteiger partial charge < -0.3 is 9.13 Å². The van der Waals surface area contributed by atoms with Crippen molar-refractivity contribution in [1.82, 2.24) is 19.1 Å². The Kier molecular flexibility index (Phi) is 10.2. The van der Waals surface area contributed by atoms with Gasteiger partial charge in [0, 0.05) is 49.8 Å². The van der Waals surface area contributed by atoms with Crippen LogP contribution in [0.4, 0.5) is 0 Å². The normalized spacial score (nSPS) is 14.2. The minimum absolute atomic E-state index is 0.0355.